The quantitative estimate of drug-likeness (QED) is 0.766. The summed E-state index contributed by atoms with van der Waals surface area (Å²) in [6.07, 6.45) is 7.08. The smallest absolute Gasteiger partial charge is 0.230 e. The number of nitrogens with zero attached hydrogens (tertiary/aromatic N) is 2. The molecule has 2 aromatic rings. The van der Waals surface area contributed by atoms with Crippen LogP contribution in [-0.2, 0) is 17.8 Å². The second kappa shape index (κ2) is 5.23. The number of aryl methyl sites for hydroxylation is 2. The topological polar surface area (TPSA) is 25.9 Å². The van der Waals surface area contributed by atoms with E-state index in [1.165, 1.54) is 29.5 Å². The first-order valence-corrected chi connectivity index (χ1v) is 7.28. The Morgan fingerprint density at radius 3 is 2.60 bits per heavy atom. The Balaban J connectivity index is 1.72. The summed E-state index contributed by atoms with van der Waals surface area (Å²) in [5.41, 5.74) is 3.60. The van der Waals surface area contributed by atoms with Crippen LogP contribution in [0.5, 0.6) is 0 Å². The van der Waals surface area contributed by atoms with Gasteiger partial charge in [-0.15, -0.1) is 4.68 Å². The number of benzene rings is 1. The van der Waals surface area contributed by atoms with Crippen molar-refractivity contribution in [1.82, 2.24) is 4.68 Å². The molecular formula is C17H21N2O+. The number of hydrogen-bond donors (Lipinski definition) is 0. The number of rotatable bonds is 5. The van der Waals surface area contributed by atoms with Crippen molar-refractivity contribution < 1.29 is 9.48 Å². The SMILES string of the molecule is Cc1cccc(C)c1CC(=O)C[n+]1cccn1C1CC1. The Morgan fingerprint density at radius 1 is 1.25 bits per heavy atom. The van der Waals surface area contributed by atoms with Crippen molar-refractivity contribution in [2.24, 2.45) is 0 Å². The Kier molecular flexibility index (Phi) is 3.43. The standard InChI is InChI=1S/C17H21N2O/c1-13-5-3-6-14(2)17(13)11-16(20)12-18-9-4-10-19(18)15-7-8-15/h3-6,9-10,15H,7-8,11-12H2,1-2H3/q+1. The minimum atomic E-state index is 0.271. The maximum absolute atomic E-state index is 12.3. The van der Waals surface area contributed by atoms with Crippen molar-refractivity contribution in [1.29, 1.82) is 0 Å². The molecule has 0 N–H and O–H groups in total. The van der Waals surface area contributed by atoms with Crippen molar-refractivity contribution in [3.63, 3.8) is 0 Å². The number of carbonyl (C=O) groups excluding carboxylic acids is 1. The lowest BCUT2D eigenvalue weighted by molar-refractivity contribution is -0.764. The van der Waals surface area contributed by atoms with E-state index in [0.717, 1.165) is 0 Å². The molecule has 0 unspecified atom stereocenters. The van der Waals surface area contributed by atoms with Crippen LogP contribution in [0.1, 0.15) is 35.6 Å². The lowest BCUT2D eigenvalue weighted by atomic mass is 9.98. The Bertz CT molecular complexity index is 618. The highest BCUT2D eigenvalue weighted by Crippen LogP contribution is 2.33. The minimum absolute atomic E-state index is 0.271. The van der Waals surface area contributed by atoms with Gasteiger partial charge in [0.2, 0.25) is 12.3 Å². The van der Waals surface area contributed by atoms with Crippen LogP contribution in [0.25, 0.3) is 0 Å². The number of hydrogen-bond acceptors (Lipinski definition) is 1. The predicted molar refractivity (Wildman–Crippen MR) is 77.5 cm³/mol. The molecule has 0 saturated heterocycles. The van der Waals surface area contributed by atoms with Gasteiger partial charge < -0.3 is 0 Å². The van der Waals surface area contributed by atoms with Crippen molar-refractivity contribution in [2.75, 3.05) is 0 Å². The molecule has 20 heavy (non-hydrogen) atoms. The largest absolute Gasteiger partial charge is 0.292 e. The van der Waals surface area contributed by atoms with E-state index in [2.05, 4.69) is 36.9 Å². The molecule has 1 fully saturated rings. The molecule has 1 saturated carbocycles. The van der Waals surface area contributed by atoms with Gasteiger partial charge in [0.1, 0.15) is 0 Å². The fourth-order valence-corrected chi connectivity index (χ4v) is 2.76. The molecular weight excluding hydrogens is 248 g/mol. The monoisotopic (exact) mass is 269 g/mol. The van der Waals surface area contributed by atoms with Gasteiger partial charge >= 0.3 is 0 Å². The van der Waals surface area contributed by atoms with Crippen molar-refractivity contribution in [3.8, 4) is 0 Å². The first-order chi connectivity index (χ1) is 9.65. The van der Waals surface area contributed by atoms with Crippen LogP contribution in [-0.4, -0.2) is 10.5 Å². The zero-order valence-corrected chi connectivity index (χ0v) is 12.2. The molecule has 1 aromatic carbocycles. The predicted octanol–water partition coefficient (Wildman–Crippen LogP) is 2.54. The van der Waals surface area contributed by atoms with Gasteiger partial charge in [0.05, 0.1) is 12.2 Å². The summed E-state index contributed by atoms with van der Waals surface area (Å²) < 4.78 is 4.25. The van der Waals surface area contributed by atoms with Crippen LogP contribution in [0.2, 0.25) is 0 Å². The molecule has 0 bridgehead atoms. The van der Waals surface area contributed by atoms with Crippen LogP contribution in [0.4, 0.5) is 0 Å². The minimum Gasteiger partial charge on any atom is -0.292 e. The van der Waals surface area contributed by atoms with E-state index in [1.807, 2.05) is 23.0 Å². The van der Waals surface area contributed by atoms with Gasteiger partial charge in [-0.2, -0.15) is 4.68 Å². The second-order valence-corrected chi connectivity index (χ2v) is 5.79. The molecule has 0 amide bonds. The first-order valence-electron chi connectivity index (χ1n) is 7.28. The maximum atomic E-state index is 12.3. The Labute approximate surface area is 119 Å². The van der Waals surface area contributed by atoms with Gasteiger partial charge in [-0.25, -0.2) is 0 Å². The average Bonchev–Trinajstić information content (AvgIpc) is 3.15. The van der Waals surface area contributed by atoms with Crippen LogP contribution < -0.4 is 4.68 Å². The van der Waals surface area contributed by atoms with Crippen molar-refractivity contribution in [3.05, 3.63) is 53.3 Å². The van der Waals surface area contributed by atoms with Crippen LogP contribution in [0, 0.1) is 13.8 Å². The van der Waals surface area contributed by atoms with E-state index in [-0.39, 0.29) is 5.78 Å². The summed E-state index contributed by atoms with van der Waals surface area (Å²) >= 11 is 0. The van der Waals surface area contributed by atoms with E-state index in [4.69, 9.17) is 0 Å². The fourth-order valence-electron chi connectivity index (χ4n) is 2.76. The fraction of sp³-hybridized carbons (Fsp3) is 0.412. The van der Waals surface area contributed by atoms with E-state index in [1.54, 1.807) is 0 Å². The highest BCUT2D eigenvalue weighted by molar-refractivity contribution is 5.80. The summed E-state index contributed by atoms with van der Waals surface area (Å²) in [6, 6.07) is 8.83. The normalized spacial score (nSPS) is 14.5. The highest BCUT2D eigenvalue weighted by Gasteiger charge is 2.30. The van der Waals surface area contributed by atoms with Crippen LogP contribution >= 0.6 is 0 Å². The van der Waals surface area contributed by atoms with Gasteiger partial charge in [0.25, 0.3) is 0 Å². The zero-order valence-electron chi connectivity index (χ0n) is 12.2. The van der Waals surface area contributed by atoms with Gasteiger partial charge in [0.15, 0.2) is 6.20 Å². The third-order valence-corrected chi connectivity index (χ3v) is 4.07. The molecule has 0 radical (unpaired) electrons. The van der Waals surface area contributed by atoms with E-state index in [9.17, 15) is 4.79 Å². The van der Waals surface area contributed by atoms with Gasteiger partial charge in [-0.1, -0.05) is 18.2 Å². The number of Topliss-reactive ketones (excluding diaryl/α,β-unsaturated/α-hetero) is 1. The van der Waals surface area contributed by atoms with E-state index in [0.29, 0.717) is 19.0 Å². The molecule has 1 heterocycles. The van der Waals surface area contributed by atoms with E-state index < -0.39 is 0 Å². The molecule has 0 spiro atoms. The lowest BCUT2D eigenvalue weighted by Crippen LogP contribution is -2.45. The van der Waals surface area contributed by atoms with Gasteiger partial charge in [0, 0.05) is 12.5 Å². The summed E-state index contributed by atoms with van der Waals surface area (Å²) in [5, 5.41) is 0. The summed E-state index contributed by atoms with van der Waals surface area (Å²) in [5.74, 6) is 0.271. The Hall–Kier alpha value is -1.90. The molecule has 0 aliphatic heterocycles. The highest BCUT2D eigenvalue weighted by atomic mass is 16.1. The molecule has 1 aliphatic carbocycles. The maximum Gasteiger partial charge on any atom is 0.230 e. The van der Waals surface area contributed by atoms with E-state index >= 15 is 0 Å². The average molecular weight is 269 g/mol. The molecule has 1 aliphatic rings. The van der Waals surface area contributed by atoms with Crippen molar-refractivity contribution >= 4 is 5.78 Å². The first kappa shape index (κ1) is 13.1. The number of ketones is 1. The van der Waals surface area contributed by atoms with Crippen molar-refractivity contribution in [2.45, 2.75) is 45.7 Å². The number of carbonyl (C=O) groups is 1. The molecule has 3 heteroatoms. The Morgan fingerprint density at radius 2 is 1.95 bits per heavy atom. The van der Waals surface area contributed by atoms with Gasteiger partial charge in [-0.3, -0.25) is 4.79 Å². The van der Waals surface area contributed by atoms with Crippen LogP contribution in [0.15, 0.2) is 36.7 Å². The third-order valence-electron chi connectivity index (χ3n) is 4.07. The van der Waals surface area contributed by atoms with Crippen LogP contribution in [0.3, 0.4) is 0 Å². The molecule has 3 rings (SSSR count). The lowest BCUT2D eigenvalue weighted by Gasteiger charge is -2.08. The molecule has 3 nitrogen and oxygen atoms in total. The summed E-state index contributed by atoms with van der Waals surface area (Å²) in [6.45, 7) is 4.63. The number of aromatic nitrogens is 2. The van der Waals surface area contributed by atoms with Gasteiger partial charge in [-0.05, 0) is 43.4 Å². The zero-order chi connectivity index (χ0) is 14.1. The summed E-state index contributed by atoms with van der Waals surface area (Å²) in [7, 11) is 0. The molecule has 0 atom stereocenters. The molecule has 1 aromatic heterocycles. The molecule has 104 valence electrons. The second-order valence-electron chi connectivity index (χ2n) is 5.79. The third kappa shape index (κ3) is 2.67. The summed E-state index contributed by atoms with van der Waals surface area (Å²) in [4.78, 5) is 12.3.